The van der Waals surface area contributed by atoms with Gasteiger partial charge in [0, 0.05) is 12.6 Å². The molecular formula is C15H21ClN2O2. The van der Waals surface area contributed by atoms with Gasteiger partial charge in [-0.3, -0.25) is 0 Å². The van der Waals surface area contributed by atoms with E-state index in [1.807, 2.05) is 25.1 Å². The fraction of sp³-hybridized carbons (Fsp3) is 0.467. The number of hydrogen-bond donors (Lipinski definition) is 2. The maximum Gasteiger partial charge on any atom is 0.179 e. The topological polar surface area (TPSA) is 56.5 Å². The van der Waals surface area contributed by atoms with Gasteiger partial charge in [0.15, 0.2) is 11.5 Å². The summed E-state index contributed by atoms with van der Waals surface area (Å²) in [5, 5.41) is 4.00. The van der Waals surface area contributed by atoms with Gasteiger partial charge in [0.05, 0.1) is 5.02 Å². The Kier molecular flexibility index (Phi) is 5.71. The van der Waals surface area contributed by atoms with Crippen LogP contribution in [0.4, 0.5) is 0 Å². The lowest BCUT2D eigenvalue weighted by atomic mass is 10.1. The first-order valence-corrected chi connectivity index (χ1v) is 7.27. The first-order chi connectivity index (χ1) is 9.76. The molecule has 1 aromatic rings. The molecule has 1 aliphatic rings. The maximum absolute atomic E-state index is 6.25. The van der Waals surface area contributed by atoms with Crippen molar-refractivity contribution in [2.45, 2.75) is 19.4 Å². The molecule has 1 heterocycles. The molecule has 20 heavy (non-hydrogen) atoms. The van der Waals surface area contributed by atoms with Gasteiger partial charge >= 0.3 is 0 Å². The zero-order chi connectivity index (χ0) is 14.4. The predicted molar refractivity (Wildman–Crippen MR) is 81.7 cm³/mol. The predicted octanol–water partition coefficient (Wildman–Crippen LogP) is 2.67. The van der Waals surface area contributed by atoms with Gasteiger partial charge in [-0.2, -0.15) is 0 Å². The summed E-state index contributed by atoms with van der Waals surface area (Å²) in [6, 6.07) is 3.92. The molecule has 0 fully saturated rings. The lowest BCUT2D eigenvalue weighted by molar-refractivity contribution is 0.171. The van der Waals surface area contributed by atoms with Crippen LogP contribution in [0.2, 0.25) is 5.02 Å². The number of benzene rings is 1. The van der Waals surface area contributed by atoms with E-state index in [1.165, 1.54) is 0 Å². The van der Waals surface area contributed by atoms with Crippen LogP contribution >= 0.6 is 11.6 Å². The van der Waals surface area contributed by atoms with Gasteiger partial charge in [-0.1, -0.05) is 23.8 Å². The van der Waals surface area contributed by atoms with Gasteiger partial charge in [-0.15, -0.1) is 0 Å². The van der Waals surface area contributed by atoms with E-state index < -0.39 is 0 Å². The second kappa shape index (κ2) is 7.53. The van der Waals surface area contributed by atoms with E-state index in [0.29, 0.717) is 36.3 Å². The van der Waals surface area contributed by atoms with Crippen LogP contribution in [0.1, 0.15) is 24.9 Å². The summed E-state index contributed by atoms with van der Waals surface area (Å²) in [6.45, 7) is 4.48. The van der Waals surface area contributed by atoms with Crippen molar-refractivity contribution < 1.29 is 9.47 Å². The summed E-state index contributed by atoms with van der Waals surface area (Å²) in [5.41, 5.74) is 6.88. The quantitative estimate of drug-likeness (QED) is 0.626. The van der Waals surface area contributed by atoms with Crippen LogP contribution in [0.5, 0.6) is 11.5 Å². The third-order valence-electron chi connectivity index (χ3n) is 3.19. The Labute approximate surface area is 124 Å². The number of nitrogens with one attached hydrogen (secondary N) is 1. The number of fused-ring (bicyclic) bond motifs is 1. The first kappa shape index (κ1) is 15.2. The zero-order valence-corrected chi connectivity index (χ0v) is 12.5. The molecule has 0 spiro atoms. The second-order valence-electron chi connectivity index (χ2n) is 4.63. The Balaban J connectivity index is 2.11. The van der Waals surface area contributed by atoms with Crippen LogP contribution in [-0.2, 0) is 0 Å². The molecule has 4 nitrogen and oxygen atoms in total. The van der Waals surface area contributed by atoms with E-state index in [0.717, 1.165) is 18.5 Å². The molecular weight excluding hydrogens is 276 g/mol. The normalized spacial score (nSPS) is 15.6. The standard InChI is InChI=1S/C15H21ClN2O2/c1-2-3-4-5-18-13(10-17)11-8-12(16)15-14(9-11)19-6-7-20-15/h2-3,8-9,13,18H,4-7,10,17H2,1H3/b3-2+. The molecule has 0 radical (unpaired) electrons. The van der Waals surface area contributed by atoms with Gasteiger partial charge in [0.2, 0.25) is 0 Å². The van der Waals surface area contributed by atoms with Gasteiger partial charge in [0.25, 0.3) is 0 Å². The van der Waals surface area contributed by atoms with Crippen molar-refractivity contribution in [3.8, 4) is 11.5 Å². The molecule has 1 unspecified atom stereocenters. The number of rotatable bonds is 6. The Morgan fingerprint density at radius 2 is 2.20 bits per heavy atom. The van der Waals surface area contributed by atoms with Crippen LogP contribution in [0.25, 0.3) is 0 Å². The Morgan fingerprint density at radius 3 is 2.95 bits per heavy atom. The van der Waals surface area contributed by atoms with Crippen molar-refractivity contribution in [2.75, 3.05) is 26.3 Å². The number of halogens is 1. The minimum atomic E-state index is 0.0635. The molecule has 0 aromatic heterocycles. The lowest BCUT2D eigenvalue weighted by Gasteiger charge is -2.23. The van der Waals surface area contributed by atoms with Crippen LogP contribution < -0.4 is 20.5 Å². The van der Waals surface area contributed by atoms with Crippen LogP contribution in [0.15, 0.2) is 24.3 Å². The maximum atomic E-state index is 6.25. The first-order valence-electron chi connectivity index (χ1n) is 6.90. The van der Waals surface area contributed by atoms with Crippen LogP contribution in [0, 0.1) is 0 Å². The minimum absolute atomic E-state index is 0.0635. The molecule has 0 saturated carbocycles. The number of allylic oxidation sites excluding steroid dienone is 1. The van der Waals surface area contributed by atoms with Crippen molar-refractivity contribution in [2.24, 2.45) is 5.73 Å². The summed E-state index contributed by atoms with van der Waals surface area (Å²) in [5.74, 6) is 1.33. The Hall–Kier alpha value is -1.23. The molecule has 2 rings (SSSR count). The molecule has 110 valence electrons. The number of nitrogens with two attached hydrogens (primary N) is 1. The average Bonchev–Trinajstić information content (AvgIpc) is 2.47. The molecule has 1 aromatic carbocycles. The highest BCUT2D eigenvalue weighted by atomic mass is 35.5. The summed E-state index contributed by atoms with van der Waals surface area (Å²) >= 11 is 6.25. The lowest BCUT2D eigenvalue weighted by Crippen LogP contribution is -2.29. The third-order valence-corrected chi connectivity index (χ3v) is 3.48. The van der Waals surface area contributed by atoms with Gasteiger partial charge in [0.1, 0.15) is 13.2 Å². The van der Waals surface area contributed by atoms with Gasteiger partial charge in [-0.05, 0) is 37.6 Å². The second-order valence-corrected chi connectivity index (χ2v) is 5.03. The van der Waals surface area contributed by atoms with Crippen molar-refractivity contribution in [1.29, 1.82) is 0 Å². The van der Waals surface area contributed by atoms with E-state index in [1.54, 1.807) is 0 Å². The van der Waals surface area contributed by atoms with Crippen molar-refractivity contribution in [1.82, 2.24) is 5.32 Å². The van der Waals surface area contributed by atoms with E-state index >= 15 is 0 Å². The van der Waals surface area contributed by atoms with E-state index in [9.17, 15) is 0 Å². The van der Waals surface area contributed by atoms with Crippen molar-refractivity contribution in [3.05, 3.63) is 34.9 Å². The Morgan fingerprint density at radius 1 is 1.40 bits per heavy atom. The van der Waals surface area contributed by atoms with Crippen LogP contribution in [-0.4, -0.2) is 26.3 Å². The average molecular weight is 297 g/mol. The van der Waals surface area contributed by atoms with Gasteiger partial charge in [-0.25, -0.2) is 0 Å². The highest BCUT2D eigenvalue weighted by molar-refractivity contribution is 6.32. The Bertz CT molecular complexity index is 477. The summed E-state index contributed by atoms with van der Waals surface area (Å²) in [7, 11) is 0. The number of ether oxygens (including phenoxy) is 2. The van der Waals surface area contributed by atoms with E-state index in [4.69, 9.17) is 26.8 Å². The zero-order valence-electron chi connectivity index (χ0n) is 11.7. The molecule has 1 atom stereocenters. The third kappa shape index (κ3) is 3.66. The molecule has 1 aliphatic heterocycles. The summed E-state index contributed by atoms with van der Waals surface area (Å²) in [4.78, 5) is 0. The number of hydrogen-bond acceptors (Lipinski definition) is 4. The monoisotopic (exact) mass is 296 g/mol. The molecule has 0 saturated heterocycles. The SMILES string of the molecule is C/C=C/CCNC(CN)c1cc(Cl)c2c(c1)OCCO2. The highest BCUT2D eigenvalue weighted by Gasteiger charge is 2.19. The van der Waals surface area contributed by atoms with Crippen LogP contribution in [0.3, 0.4) is 0 Å². The highest BCUT2D eigenvalue weighted by Crippen LogP contribution is 2.39. The smallest absolute Gasteiger partial charge is 0.179 e. The fourth-order valence-electron chi connectivity index (χ4n) is 2.18. The van der Waals surface area contributed by atoms with Crippen molar-refractivity contribution >= 4 is 11.6 Å². The minimum Gasteiger partial charge on any atom is -0.486 e. The summed E-state index contributed by atoms with van der Waals surface area (Å²) < 4.78 is 11.1. The molecule has 5 heteroatoms. The van der Waals surface area contributed by atoms with E-state index in [2.05, 4.69) is 11.4 Å². The molecule has 3 N–H and O–H groups in total. The fourth-order valence-corrected chi connectivity index (χ4v) is 2.45. The largest absolute Gasteiger partial charge is 0.486 e. The summed E-state index contributed by atoms with van der Waals surface area (Å²) in [6.07, 6.45) is 5.14. The van der Waals surface area contributed by atoms with E-state index in [-0.39, 0.29) is 6.04 Å². The molecule has 0 bridgehead atoms. The van der Waals surface area contributed by atoms with Crippen molar-refractivity contribution in [3.63, 3.8) is 0 Å². The molecule has 0 amide bonds. The van der Waals surface area contributed by atoms with Gasteiger partial charge < -0.3 is 20.5 Å². The molecule has 0 aliphatic carbocycles.